The maximum absolute atomic E-state index is 12.0. The number of hydrogen-bond acceptors (Lipinski definition) is 4. The minimum Gasteiger partial charge on any atom is -0.309 e. The van der Waals surface area contributed by atoms with Gasteiger partial charge >= 0.3 is 0 Å². The highest BCUT2D eigenvalue weighted by Gasteiger charge is 2.04. The average Bonchev–Trinajstić information content (AvgIpc) is 2.84. The molecule has 0 unspecified atom stereocenters. The summed E-state index contributed by atoms with van der Waals surface area (Å²) in [4.78, 5) is 21.8. The molecule has 0 aliphatic heterocycles. The number of aromatic amines is 1. The lowest BCUT2D eigenvalue weighted by atomic mass is 10.2. The molecule has 2 N–H and O–H groups in total. The highest BCUT2D eigenvalue weighted by Crippen LogP contribution is 2.15. The first-order chi connectivity index (χ1) is 10.1. The molecule has 0 atom stereocenters. The molecule has 6 heteroatoms. The molecular formula is C15H14ClN3OS. The predicted molar refractivity (Wildman–Crippen MR) is 87.0 cm³/mol. The Bertz CT molecular complexity index is 840. The molecule has 21 heavy (non-hydrogen) atoms. The van der Waals surface area contributed by atoms with E-state index in [1.807, 2.05) is 0 Å². The van der Waals surface area contributed by atoms with Gasteiger partial charge in [0.2, 0.25) is 0 Å². The molecule has 0 fully saturated rings. The minimum atomic E-state index is -0.138. The Hall–Kier alpha value is -1.69. The Labute approximate surface area is 130 Å². The van der Waals surface area contributed by atoms with Crippen LogP contribution in [0.2, 0.25) is 5.02 Å². The minimum absolute atomic E-state index is 0.138. The lowest BCUT2D eigenvalue weighted by molar-refractivity contribution is 0.669. The summed E-state index contributed by atoms with van der Waals surface area (Å²) in [5.41, 5.74) is 0.482. The molecule has 0 saturated heterocycles. The van der Waals surface area contributed by atoms with Crippen LogP contribution in [0.15, 0.2) is 35.1 Å². The summed E-state index contributed by atoms with van der Waals surface area (Å²) in [6.45, 7) is 3.35. The molecule has 0 radical (unpaired) electrons. The topological polar surface area (TPSA) is 57.8 Å². The molecule has 4 nitrogen and oxygen atoms in total. The normalized spacial score (nSPS) is 11.1. The summed E-state index contributed by atoms with van der Waals surface area (Å²) >= 11 is 7.70. The number of nitrogens with zero attached hydrogens (tertiary/aromatic N) is 1. The van der Waals surface area contributed by atoms with Gasteiger partial charge in [0.1, 0.15) is 5.82 Å². The van der Waals surface area contributed by atoms with Crippen LogP contribution in [0.5, 0.6) is 0 Å². The molecule has 2 heterocycles. The number of benzene rings is 1. The number of halogens is 1. The number of nitrogens with one attached hydrogen (secondary N) is 2. The summed E-state index contributed by atoms with van der Waals surface area (Å²) in [7, 11) is 0. The second kappa shape index (κ2) is 5.97. The summed E-state index contributed by atoms with van der Waals surface area (Å²) in [5, 5.41) is 4.41. The molecule has 0 amide bonds. The van der Waals surface area contributed by atoms with E-state index in [4.69, 9.17) is 11.6 Å². The third-order valence-corrected chi connectivity index (χ3v) is 4.34. The van der Waals surface area contributed by atoms with Gasteiger partial charge in [-0.3, -0.25) is 4.79 Å². The highest BCUT2D eigenvalue weighted by molar-refractivity contribution is 7.11. The summed E-state index contributed by atoms with van der Waals surface area (Å²) < 4.78 is 0. The Balaban J connectivity index is 1.76. The Kier molecular flexibility index (Phi) is 4.05. The van der Waals surface area contributed by atoms with Gasteiger partial charge in [0.25, 0.3) is 5.56 Å². The van der Waals surface area contributed by atoms with Crippen LogP contribution < -0.4 is 10.9 Å². The van der Waals surface area contributed by atoms with Gasteiger partial charge in [-0.2, -0.15) is 0 Å². The number of rotatable bonds is 4. The van der Waals surface area contributed by atoms with Crippen LogP contribution in [-0.4, -0.2) is 9.97 Å². The number of thiophene rings is 1. The van der Waals surface area contributed by atoms with Crippen molar-refractivity contribution in [3.63, 3.8) is 0 Å². The number of aryl methyl sites for hydroxylation is 1. The molecule has 108 valence electrons. The molecule has 0 aliphatic carbocycles. The molecule has 3 rings (SSSR count). The SMILES string of the molecule is Cc1ccc(CNCc2nc3cc(Cl)ccc3c(=O)[nH]2)s1. The zero-order valence-corrected chi connectivity index (χ0v) is 13.0. The third kappa shape index (κ3) is 3.32. The molecule has 0 saturated carbocycles. The van der Waals surface area contributed by atoms with Crippen molar-refractivity contribution < 1.29 is 0 Å². The predicted octanol–water partition coefficient (Wildman–Crippen LogP) is 3.24. The van der Waals surface area contributed by atoms with E-state index >= 15 is 0 Å². The standard InChI is InChI=1S/C15H14ClN3OS/c1-9-2-4-11(21-9)7-17-8-14-18-13-6-10(16)3-5-12(13)15(20)19-14/h2-6,17H,7-8H2,1H3,(H,18,19,20). The van der Waals surface area contributed by atoms with Crippen LogP contribution >= 0.6 is 22.9 Å². The van der Waals surface area contributed by atoms with Crippen molar-refractivity contribution in [2.75, 3.05) is 0 Å². The number of H-pyrrole nitrogens is 1. The van der Waals surface area contributed by atoms with E-state index < -0.39 is 0 Å². The van der Waals surface area contributed by atoms with Crippen LogP contribution in [0.1, 0.15) is 15.6 Å². The van der Waals surface area contributed by atoms with Crippen LogP contribution in [0, 0.1) is 6.92 Å². The fourth-order valence-electron chi connectivity index (χ4n) is 2.13. The van der Waals surface area contributed by atoms with Crippen LogP contribution in [-0.2, 0) is 13.1 Å². The molecule has 0 bridgehead atoms. The van der Waals surface area contributed by atoms with Gasteiger partial charge < -0.3 is 10.3 Å². The van der Waals surface area contributed by atoms with Crippen molar-refractivity contribution in [1.82, 2.24) is 15.3 Å². The lowest BCUT2D eigenvalue weighted by Crippen LogP contribution is -2.19. The second-order valence-electron chi connectivity index (χ2n) is 4.79. The van der Waals surface area contributed by atoms with Crippen molar-refractivity contribution in [3.8, 4) is 0 Å². The maximum Gasteiger partial charge on any atom is 0.258 e. The van der Waals surface area contributed by atoms with E-state index in [2.05, 4.69) is 34.3 Å². The van der Waals surface area contributed by atoms with Gasteiger partial charge in [0.15, 0.2) is 0 Å². The summed E-state index contributed by atoms with van der Waals surface area (Å²) in [5.74, 6) is 0.614. The average molecular weight is 320 g/mol. The van der Waals surface area contributed by atoms with Crippen molar-refractivity contribution in [3.05, 3.63) is 61.3 Å². The molecule has 3 aromatic rings. The second-order valence-corrected chi connectivity index (χ2v) is 6.60. The molecule has 0 aliphatic rings. The Morgan fingerprint density at radius 2 is 2.14 bits per heavy atom. The van der Waals surface area contributed by atoms with E-state index in [-0.39, 0.29) is 5.56 Å². The number of hydrogen-bond donors (Lipinski definition) is 2. The number of aromatic nitrogens is 2. The van der Waals surface area contributed by atoms with Gasteiger partial charge in [-0.15, -0.1) is 11.3 Å². The molecule has 0 spiro atoms. The van der Waals surface area contributed by atoms with Gasteiger partial charge in [0.05, 0.1) is 17.4 Å². The van der Waals surface area contributed by atoms with E-state index in [1.165, 1.54) is 9.75 Å². The fourth-order valence-corrected chi connectivity index (χ4v) is 3.16. The lowest BCUT2D eigenvalue weighted by Gasteiger charge is -2.04. The van der Waals surface area contributed by atoms with E-state index in [1.54, 1.807) is 29.5 Å². The first kappa shape index (κ1) is 14.3. The summed E-state index contributed by atoms with van der Waals surface area (Å²) in [6.07, 6.45) is 0. The molecular weight excluding hydrogens is 306 g/mol. The molecule has 1 aromatic carbocycles. The van der Waals surface area contributed by atoms with Gasteiger partial charge in [-0.05, 0) is 37.3 Å². The quantitative estimate of drug-likeness (QED) is 0.776. The van der Waals surface area contributed by atoms with Crippen LogP contribution in [0.3, 0.4) is 0 Å². The first-order valence-electron chi connectivity index (χ1n) is 6.56. The number of fused-ring (bicyclic) bond motifs is 1. The largest absolute Gasteiger partial charge is 0.309 e. The summed E-state index contributed by atoms with van der Waals surface area (Å²) in [6, 6.07) is 9.29. The zero-order valence-electron chi connectivity index (χ0n) is 11.4. The van der Waals surface area contributed by atoms with E-state index in [9.17, 15) is 4.79 Å². The van der Waals surface area contributed by atoms with Crippen LogP contribution in [0.25, 0.3) is 10.9 Å². The van der Waals surface area contributed by atoms with Crippen molar-refractivity contribution >= 4 is 33.8 Å². The van der Waals surface area contributed by atoms with Crippen molar-refractivity contribution in [1.29, 1.82) is 0 Å². The van der Waals surface area contributed by atoms with Crippen molar-refractivity contribution in [2.24, 2.45) is 0 Å². The maximum atomic E-state index is 12.0. The monoisotopic (exact) mass is 319 g/mol. The van der Waals surface area contributed by atoms with E-state index in [0.717, 1.165) is 6.54 Å². The zero-order chi connectivity index (χ0) is 14.8. The highest BCUT2D eigenvalue weighted by atomic mass is 35.5. The van der Waals surface area contributed by atoms with Gasteiger partial charge in [0, 0.05) is 21.3 Å². The Morgan fingerprint density at radius 3 is 2.90 bits per heavy atom. The third-order valence-electron chi connectivity index (χ3n) is 3.11. The van der Waals surface area contributed by atoms with E-state index in [0.29, 0.717) is 28.3 Å². The Morgan fingerprint density at radius 1 is 1.29 bits per heavy atom. The van der Waals surface area contributed by atoms with Crippen molar-refractivity contribution in [2.45, 2.75) is 20.0 Å². The first-order valence-corrected chi connectivity index (χ1v) is 7.76. The van der Waals surface area contributed by atoms with Crippen LogP contribution in [0.4, 0.5) is 0 Å². The van der Waals surface area contributed by atoms with Gasteiger partial charge in [-0.1, -0.05) is 11.6 Å². The van der Waals surface area contributed by atoms with Gasteiger partial charge in [-0.25, -0.2) is 4.98 Å². The smallest absolute Gasteiger partial charge is 0.258 e. The fraction of sp³-hybridized carbons (Fsp3) is 0.200. The molecule has 2 aromatic heterocycles.